The van der Waals surface area contributed by atoms with E-state index in [0.717, 1.165) is 49.9 Å². The molecule has 0 bridgehead atoms. The molecular formula is C27H33N5O5. The molecule has 1 aliphatic carbocycles. The summed E-state index contributed by atoms with van der Waals surface area (Å²) in [6.07, 6.45) is 2.42. The number of carbonyl (C=O) groups is 2. The van der Waals surface area contributed by atoms with E-state index < -0.39 is 12.1 Å². The summed E-state index contributed by atoms with van der Waals surface area (Å²) >= 11 is 0. The van der Waals surface area contributed by atoms with Gasteiger partial charge in [-0.25, -0.2) is 14.2 Å². The van der Waals surface area contributed by atoms with Crippen LogP contribution >= 0.6 is 0 Å². The van der Waals surface area contributed by atoms with Crippen molar-refractivity contribution >= 4 is 23.2 Å². The van der Waals surface area contributed by atoms with E-state index in [1.807, 2.05) is 48.5 Å². The molecule has 196 valence electrons. The molecule has 37 heavy (non-hydrogen) atoms. The summed E-state index contributed by atoms with van der Waals surface area (Å²) < 4.78 is 8.29. The first-order chi connectivity index (χ1) is 17.9. The zero-order valence-electron chi connectivity index (χ0n) is 20.9. The number of benzene rings is 2. The van der Waals surface area contributed by atoms with Crippen LogP contribution in [0.3, 0.4) is 0 Å². The minimum absolute atomic E-state index is 0.186. The maximum absolute atomic E-state index is 13.1. The number of imidazole rings is 1. The minimum Gasteiger partial charge on any atom is -0.530 e. The van der Waals surface area contributed by atoms with Gasteiger partial charge in [0.1, 0.15) is 24.4 Å². The van der Waals surface area contributed by atoms with E-state index >= 15 is 0 Å². The van der Waals surface area contributed by atoms with Crippen molar-refractivity contribution in [3.63, 3.8) is 0 Å². The number of para-hydroxylation sites is 2. The molecule has 2 aliphatic rings. The SMILES string of the molecule is COc1cccc(C(C[NH+]2CCC(CNC(=O)n3c(=O)n(C4CC4)c4ccccc43)CC2)NC(=O)[O-])c1. The molecule has 2 aromatic carbocycles. The molecule has 1 atom stereocenters. The van der Waals surface area contributed by atoms with Crippen LogP contribution in [-0.2, 0) is 0 Å². The average molecular weight is 508 g/mol. The molecule has 0 radical (unpaired) electrons. The van der Waals surface area contributed by atoms with Crippen LogP contribution in [0.1, 0.15) is 43.3 Å². The number of aromatic nitrogens is 2. The van der Waals surface area contributed by atoms with E-state index in [4.69, 9.17) is 4.74 Å². The van der Waals surface area contributed by atoms with Gasteiger partial charge in [0.2, 0.25) is 0 Å². The van der Waals surface area contributed by atoms with Gasteiger partial charge >= 0.3 is 11.7 Å². The van der Waals surface area contributed by atoms with Crippen molar-refractivity contribution in [2.45, 2.75) is 37.8 Å². The van der Waals surface area contributed by atoms with Crippen LogP contribution in [0.2, 0.25) is 0 Å². The molecule has 3 N–H and O–H groups in total. The highest BCUT2D eigenvalue weighted by Crippen LogP contribution is 2.36. The first-order valence-corrected chi connectivity index (χ1v) is 12.9. The third-order valence-electron chi connectivity index (χ3n) is 7.53. The quantitative estimate of drug-likeness (QED) is 0.414. The largest absolute Gasteiger partial charge is 0.530 e. The average Bonchev–Trinajstić information content (AvgIpc) is 3.69. The van der Waals surface area contributed by atoms with Gasteiger partial charge in [-0.05, 0) is 48.6 Å². The Morgan fingerprint density at radius 3 is 2.49 bits per heavy atom. The van der Waals surface area contributed by atoms with E-state index in [2.05, 4.69) is 10.6 Å². The van der Waals surface area contributed by atoms with Crippen LogP contribution in [0.15, 0.2) is 53.3 Å². The van der Waals surface area contributed by atoms with Crippen LogP contribution in [0.4, 0.5) is 9.59 Å². The summed E-state index contributed by atoms with van der Waals surface area (Å²) in [6, 6.07) is 14.2. The number of nitrogens with zero attached hydrogens (tertiary/aromatic N) is 2. The minimum atomic E-state index is -1.30. The second-order valence-corrected chi connectivity index (χ2v) is 10.1. The molecule has 5 rings (SSSR count). The number of amides is 2. The Hall–Kier alpha value is -3.79. The van der Waals surface area contributed by atoms with Gasteiger partial charge in [0, 0.05) is 25.4 Å². The van der Waals surface area contributed by atoms with Gasteiger partial charge in [-0.15, -0.1) is 0 Å². The number of carboxylic acid groups (broad SMARTS) is 1. The smallest absolute Gasteiger partial charge is 0.337 e. The predicted molar refractivity (Wildman–Crippen MR) is 136 cm³/mol. The third kappa shape index (κ3) is 5.48. The molecule has 2 amide bonds. The monoisotopic (exact) mass is 507 g/mol. The summed E-state index contributed by atoms with van der Waals surface area (Å²) in [7, 11) is 1.58. The highest BCUT2D eigenvalue weighted by Gasteiger charge is 2.31. The second-order valence-electron chi connectivity index (χ2n) is 10.1. The fourth-order valence-electron chi connectivity index (χ4n) is 5.40. The van der Waals surface area contributed by atoms with Crippen LogP contribution < -0.4 is 31.1 Å². The van der Waals surface area contributed by atoms with Crippen molar-refractivity contribution in [1.29, 1.82) is 0 Å². The lowest BCUT2D eigenvalue weighted by atomic mass is 9.96. The number of hydrogen-bond donors (Lipinski definition) is 3. The van der Waals surface area contributed by atoms with Gasteiger partial charge in [0.25, 0.3) is 0 Å². The number of fused-ring (bicyclic) bond motifs is 1. The fraction of sp³-hybridized carbons (Fsp3) is 0.444. The number of methoxy groups -OCH3 is 1. The zero-order valence-corrected chi connectivity index (χ0v) is 20.9. The van der Waals surface area contributed by atoms with E-state index in [-0.39, 0.29) is 17.8 Å². The Morgan fingerprint density at radius 2 is 1.81 bits per heavy atom. The van der Waals surface area contributed by atoms with E-state index in [0.29, 0.717) is 30.3 Å². The van der Waals surface area contributed by atoms with Crippen molar-refractivity contribution in [3.05, 3.63) is 64.6 Å². The Balaban J connectivity index is 1.18. The topological polar surface area (TPSA) is 122 Å². The Bertz CT molecular complexity index is 1340. The molecule has 2 fully saturated rings. The molecule has 1 aliphatic heterocycles. The van der Waals surface area contributed by atoms with Crippen LogP contribution in [0.25, 0.3) is 11.0 Å². The standard InChI is InChI=1S/C27H33N5O5/c1-37-21-6-4-5-19(15-21)22(29-26(34)35)17-30-13-11-18(12-14-30)16-28-25(33)32-24-8-3-2-7-23(24)31(27(32)36)20-9-10-20/h2-8,15,18,20,22,29H,9-14,16-17H2,1H3,(H,28,33)(H,34,35). The van der Waals surface area contributed by atoms with Crippen LogP contribution in [0.5, 0.6) is 5.75 Å². The highest BCUT2D eigenvalue weighted by atomic mass is 16.5. The molecule has 10 heteroatoms. The number of quaternary nitrogens is 1. The summed E-state index contributed by atoms with van der Waals surface area (Å²) in [6.45, 7) is 2.81. The summed E-state index contributed by atoms with van der Waals surface area (Å²) in [5.74, 6) is 0.969. The Kier molecular flexibility index (Phi) is 7.18. The molecule has 1 unspecified atom stereocenters. The maximum Gasteiger partial charge on any atom is 0.337 e. The maximum atomic E-state index is 13.1. The zero-order chi connectivity index (χ0) is 25.9. The molecule has 1 aromatic heterocycles. The Labute approximate surface area is 214 Å². The summed E-state index contributed by atoms with van der Waals surface area (Å²) in [4.78, 5) is 38.7. The Morgan fingerprint density at radius 1 is 1.08 bits per heavy atom. The van der Waals surface area contributed by atoms with Gasteiger partial charge < -0.3 is 30.2 Å². The number of ether oxygens (including phenoxy) is 1. The van der Waals surface area contributed by atoms with Crippen molar-refractivity contribution in [1.82, 2.24) is 19.8 Å². The number of piperidine rings is 1. The van der Waals surface area contributed by atoms with Gasteiger partial charge in [-0.3, -0.25) is 4.57 Å². The van der Waals surface area contributed by atoms with Crippen molar-refractivity contribution in [2.24, 2.45) is 5.92 Å². The molecule has 3 aromatic rings. The lowest BCUT2D eigenvalue weighted by molar-refractivity contribution is -0.907. The highest BCUT2D eigenvalue weighted by molar-refractivity contribution is 5.89. The lowest BCUT2D eigenvalue weighted by Crippen LogP contribution is -3.13. The van der Waals surface area contributed by atoms with E-state index in [1.54, 1.807) is 11.7 Å². The third-order valence-corrected chi connectivity index (χ3v) is 7.53. The molecule has 1 saturated carbocycles. The lowest BCUT2D eigenvalue weighted by Gasteiger charge is -2.32. The molecule has 10 nitrogen and oxygen atoms in total. The van der Waals surface area contributed by atoms with Gasteiger partial charge in [0.15, 0.2) is 0 Å². The van der Waals surface area contributed by atoms with E-state index in [9.17, 15) is 19.5 Å². The van der Waals surface area contributed by atoms with Gasteiger partial charge in [-0.1, -0.05) is 24.3 Å². The fourth-order valence-corrected chi connectivity index (χ4v) is 5.40. The first kappa shape index (κ1) is 24.9. The molecule has 0 spiro atoms. The van der Waals surface area contributed by atoms with Crippen molar-refractivity contribution in [2.75, 3.05) is 33.3 Å². The van der Waals surface area contributed by atoms with Crippen molar-refractivity contribution in [3.8, 4) is 5.75 Å². The molecule has 2 heterocycles. The molecular weight excluding hydrogens is 474 g/mol. The van der Waals surface area contributed by atoms with Crippen LogP contribution in [0, 0.1) is 5.92 Å². The van der Waals surface area contributed by atoms with Gasteiger partial charge in [-0.2, -0.15) is 0 Å². The predicted octanol–water partition coefficient (Wildman–Crippen LogP) is 0.673. The van der Waals surface area contributed by atoms with Gasteiger partial charge in [0.05, 0.1) is 31.2 Å². The number of likely N-dealkylation sites (tertiary alicyclic amines) is 1. The van der Waals surface area contributed by atoms with Crippen LogP contribution in [-0.4, -0.2) is 54.5 Å². The number of rotatable bonds is 8. The summed E-state index contributed by atoms with van der Waals surface area (Å²) in [5, 5.41) is 16.8. The number of hydrogen-bond acceptors (Lipinski definition) is 5. The normalized spacial score (nSPS) is 20.4. The number of carbonyl (C=O) groups excluding carboxylic acids is 2. The van der Waals surface area contributed by atoms with Crippen molar-refractivity contribution < 1.29 is 24.3 Å². The van der Waals surface area contributed by atoms with E-state index in [1.165, 1.54) is 9.47 Å². The first-order valence-electron chi connectivity index (χ1n) is 12.9. The number of nitrogens with one attached hydrogen (secondary N) is 3. The summed E-state index contributed by atoms with van der Waals surface area (Å²) in [5.41, 5.74) is 2.00. The molecule has 1 saturated heterocycles. The second kappa shape index (κ2) is 10.7.